The van der Waals surface area contributed by atoms with E-state index in [-0.39, 0.29) is 10.9 Å². The number of hydrogen-bond acceptors (Lipinski definition) is 4. The van der Waals surface area contributed by atoms with E-state index in [1.54, 1.807) is 24.2 Å². The van der Waals surface area contributed by atoms with Gasteiger partial charge in [-0.3, -0.25) is 4.98 Å². The minimum Gasteiger partial charge on any atom is -0.489 e. The Balaban J connectivity index is 2.65. The SMILES string of the molecule is CC(C)Oc1cncc(C(O)CSC(C)(C)C)c1. The second-order valence-electron chi connectivity index (χ2n) is 5.56. The van der Waals surface area contributed by atoms with Crippen LogP contribution in [-0.4, -0.2) is 26.7 Å². The fraction of sp³-hybridized carbons (Fsp3) is 0.643. The third kappa shape index (κ3) is 5.74. The van der Waals surface area contributed by atoms with E-state index in [2.05, 4.69) is 25.8 Å². The van der Waals surface area contributed by atoms with Crippen LogP contribution in [0.4, 0.5) is 0 Å². The summed E-state index contributed by atoms with van der Waals surface area (Å²) in [5.41, 5.74) is 0.810. The second-order valence-corrected chi connectivity index (χ2v) is 7.41. The zero-order valence-electron chi connectivity index (χ0n) is 11.8. The largest absolute Gasteiger partial charge is 0.489 e. The summed E-state index contributed by atoms with van der Waals surface area (Å²) < 4.78 is 5.72. The van der Waals surface area contributed by atoms with Gasteiger partial charge in [-0.25, -0.2) is 0 Å². The Morgan fingerprint density at radius 2 is 2.00 bits per heavy atom. The van der Waals surface area contributed by atoms with Gasteiger partial charge in [0.1, 0.15) is 5.75 Å². The van der Waals surface area contributed by atoms with Gasteiger partial charge in [-0.15, -0.1) is 0 Å². The molecule has 0 aromatic carbocycles. The molecule has 3 nitrogen and oxygen atoms in total. The monoisotopic (exact) mass is 269 g/mol. The first-order valence-corrected chi connectivity index (χ1v) is 7.20. The third-order valence-electron chi connectivity index (χ3n) is 2.17. The predicted octanol–water partition coefficient (Wildman–Crippen LogP) is 3.43. The van der Waals surface area contributed by atoms with E-state index in [0.29, 0.717) is 11.5 Å². The quantitative estimate of drug-likeness (QED) is 0.889. The Morgan fingerprint density at radius 1 is 1.33 bits per heavy atom. The Bertz CT molecular complexity index is 374. The minimum atomic E-state index is -0.502. The first-order chi connectivity index (χ1) is 8.28. The van der Waals surface area contributed by atoms with E-state index in [1.165, 1.54) is 0 Å². The van der Waals surface area contributed by atoms with Crippen LogP contribution in [-0.2, 0) is 0 Å². The number of thioether (sulfide) groups is 1. The molecule has 1 heterocycles. The number of hydrogen-bond donors (Lipinski definition) is 1. The maximum Gasteiger partial charge on any atom is 0.138 e. The van der Waals surface area contributed by atoms with Crippen molar-refractivity contribution in [2.45, 2.75) is 51.6 Å². The minimum absolute atomic E-state index is 0.114. The van der Waals surface area contributed by atoms with Gasteiger partial charge in [0.25, 0.3) is 0 Å². The third-order valence-corrected chi connectivity index (χ3v) is 3.51. The average molecular weight is 269 g/mol. The lowest BCUT2D eigenvalue weighted by Crippen LogP contribution is -2.12. The number of nitrogens with zero attached hydrogens (tertiary/aromatic N) is 1. The molecule has 0 saturated heterocycles. The van der Waals surface area contributed by atoms with Gasteiger partial charge in [0.2, 0.25) is 0 Å². The molecule has 102 valence electrons. The van der Waals surface area contributed by atoms with Gasteiger partial charge in [-0.1, -0.05) is 20.8 Å². The van der Waals surface area contributed by atoms with Crippen molar-refractivity contribution in [1.29, 1.82) is 0 Å². The zero-order valence-corrected chi connectivity index (χ0v) is 12.6. The van der Waals surface area contributed by atoms with Crippen LogP contribution in [0.15, 0.2) is 18.5 Å². The molecule has 0 aliphatic carbocycles. The first kappa shape index (κ1) is 15.3. The maximum absolute atomic E-state index is 10.1. The molecule has 1 aromatic heterocycles. The molecular formula is C14H23NO2S. The standard InChI is InChI=1S/C14H23NO2S/c1-10(2)17-12-6-11(7-15-8-12)13(16)9-18-14(3,4)5/h6-8,10,13,16H,9H2,1-5H3. The topological polar surface area (TPSA) is 42.4 Å². The van der Waals surface area contributed by atoms with Crippen molar-refractivity contribution in [3.05, 3.63) is 24.0 Å². The normalized spacial score (nSPS) is 13.7. The molecule has 1 N–H and O–H groups in total. The van der Waals surface area contributed by atoms with Crippen LogP contribution in [0.5, 0.6) is 5.75 Å². The molecule has 1 aromatic rings. The molecule has 1 atom stereocenters. The van der Waals surface area contributed by atoms with E-state index in [0.717, 1.165) is 5.56 Å². The Kier molecular flexibility index (Phi) is 5.47. The Hall–Kier alpha value is -0.740. The number of aliphatic hydroxyl groups excluding tert-OH is 1. The van der Waals surface area contributed by atoms with E-state index in [9.17, 15) is 5.11 Å². The summed E-state index contributed by atoms with van der Waals surface area (Å²) in [5.74, 6) is 1.37. The van der Waals surface area contributed by atoms with Gasteiger partial charge in [0.05, 0.1) is 18.4 Å². The summed E-state index contributed by atoms with van der Waals surface area (Å²) in [5, 5.41) is 10.1. The van der Waals surface area contributed by atoms with Crippen LogP contribution in [0.3, 0.4) is 0 Å². The lowest BCUT2D eigenvalue weighted by atomic mass is 10.2. The van der Waals surface area contributed by atoms with Gasteiger partial charge >= 0.3 is 0 Å². The van der Waals surface area contributed by atoms with Gasteiger partial charge in [0.15, 0.2) is 0 Å². The number of ether oxygens (including phenoxy) is 1. The van der Waals surface area contributed by atoms with Gasteiger partial charge in [-0.05, 0) is 19.9 Å². The molecular weight excluding hydrogens is 246 g/mol. The molecule has 1 unspecified atom stereocenters. The fourth-order valence-corrected chi connectivity index (χ4v) is 2.23. The van der Waals surface area contributed by atoms with E-state index < -0.39 is 6.10 Å². The number of aliphatic hydroxyl groups is 1. The van der Waals surface area contributed by atoms with Gasteiger partial charge < -0.3 is 9.84 Å². The smallest absolute Gasteiger partial charge is 0.138 e. The van der Waals surface area contributed by atoms with Crippen molar-refractivity contribution in [2.24, 2.45) is 0 Å². The highest BCUT2D eigenvalue weighted by molar-refractivity contribution is 8.00. The molecule has 0 bridgehead atoms. The average Bonchev–Trinajstić information content (AvgIpc) is 2.24. The zero-order chi connectivity index (χ0) is 13.8. The van der Waals surface area contributed by atoms with Gasteiger partial charge in [-0.2, -0.15) is 11.8 Å². The molecule has 4 heteroatoms. The molecule has 0 aliphatic heterocycles. The highest BCUT2D eigenvalue weighted by Gasteiger charge is 2.16. The number of aromatic nitrogens is 1. The molecule has 0 aliphatic rings. The first-order valence-electron chi connectivity index (χ1n) is 6.21. The Labute approximate surface area is 114 Å². The van der Waals surface area contributed by atoms with Crippen molar-refractivity contribution in [3.8, 4) is 5.75 Å². The highest BCUT2D eigenvalue weighted by Crippen LogP contribution is 2.29. The van der Waals surface area contributed by atoms with Crippen LogP contribution >= 0.6 is 11.8 Å². The van der Waals surface area contributed by atoms with E-state index >= 15 is 0 Å². The second kappa shape index (κ2) is 6.43. The number of rotatable bonds is 5. The summed E-state index contributed by atoms with van der Waals surface area (Å²) in [7, 11) is 0. The maximum atomic E-state index is 10.1. The summed E-state index contributed by atoms with van der Waals surface area (Å²) in [6.45, 7) is 10.4. The summed E-state index contributed by atoms with van der Waals surface area (Å²) in [6, 6.07) is 1.86. The predicted molar refractivity (Wildman–Crippen MR) is 77.2 cm³/mol. The summed E-state index contributed by atoms with van der Waals surface area (Å²) in [6.07, 6.45) is 2.98. The van der Waals surface area contributed by atoms with Crippen LogP contribution in [0.1, 0.15) is 46.3 Å². The summed E-state index contributed by atoms with van der Waals surface area (Å²) >= 11 is 1.74. The van der Waals surface area contributed by atoms with Crippen LogP contribution in [0, 0.1) is 0 Å². The molecule has 0 amide bonds. The van der Waals surface area contributed by atoms with Crippen molar-refractivity contribution >= 4 is 11.8 Å². The van der Waals surface area contributed by atoms with Crippen LogP contribution < -0.4 is 4.74 Å². The Morgan fingerprint density at radius 3 is 2.56 bits per heavy atom. The van der Waals surface area contributed by atoms with Crippen LogP contribution in [0.2, 0.25) is 0 Å². The van der Waals surface area contributed by atoms with E-state index in [4.69, 9.17) is 4.74 Å². The molecule has 0 fully saturated rings. The number of pyridine rings is 1. The molecule has 18 heavy (non-hydrogen) atoms. The van der Waals surface area contributed by atoms with Crippen molar-refractivity contribution in [2.75, 3.05) is 5.75 Å². The van der Waals surface area contributed by atoms with E-state index in [1.807, 2.05) is 19.9 Å². The molecule has 0 radical (unpaired) electrons. The van der Waals surface area contributed by atoms with Crippen molar-refractivity contribution < 1.29 is 9.84 Å². The van der Waals surface area contributed by atoms with Crippen molar-refractivity contribution in [1.82, 2.24) is 4.98 Å². The lowest BCUT2D eigenvalue weighted by molar-refractivity contribution is 0.200. The lowest BCUT2D eigenvalue weighted by Gasteiger charge is -2.20. The summed E-state index contributed by atoms with van der Waals surface area (Å²) in [4.78, 5) is 4.11. The van der Waals surface area contributed by atoms with Gasteiger partial charge in [0, 0.05) is 22.3 Å². The fourth-order valence-electron chi connectivity index (χ4n) is 1.38. The molecule has 0 saturated carbocycles. The van der Waals surface area contributed by atoms with Crippen LogP contribution in [0.25, 0.3) is 0 Å². The van der Waals surface area contributed by atoms with Crippen molar-refractivity contribution in [3.63, 3.8) is 0 Å². The molecule has 1 rings (SSSR count). The highest BCUT2D eigenvalue weighted by atomic mass is 32.2. The molecule has 0 spiro atoms.